The molecule has 0 aromatic heterocycles. The van der Waals surface area contributed by atoms with E-state index in [9.17, 15) is 0 Å². The van der Waals surface area contributed by atoms with E-state index in [0.29, 0.717) is 18.5 Å². The van der Waals surface area contributed by atoms with Crippen LogP contribution in [0.1, 0.15) is 0 Å². The Balaban J connectivity index is 0.000000238. The van der Waals surface area contributed by atoms with Crippen molar-refractivity contribution in [2.75, 3.05) is 0 Å². The lowest BCUT2D eigenvalue weighted by atomic mass is 10.1. The molecule has 0 saturated heterocycles. The Labute approximate surface area is 203 Å². The summed E-state index contributed by atoms with van der Waals surface area (Å²) in [6.45, 7) is 3.51. The minimum Gasteiger partial charge on any atom is -0.537 e. The lowest BCUT2D eigenvalue weighted by molar-refractivity contribution is 0.454. The maximum atomic E-state index is 8.21. The molecule has 0 aliphatic rings. The minimum atomic E-state index is 0.562. The monoisotopic (exact) mass is 549 g/mol. The van der Waals surface area contributed by atoms with Crippen LogP contribution in [0, 0.1) is 0 Å². The van der Waals surface area contributed by atoms with Gasteiger partial charge >= 0.3 is 7.69 Å². The zero-order valence-electron chi connectivity index (χ0n) is 16.2. The molecule has 0 amide bonds. The largest absolute Gasteiger partial charge is 0.569 e. The number of hydrogen-bond donors (Lipinski definition) is 1. The van der Waals surface area contributed by atoms with E-state index in [-0.39, 0.29) is 0 Å². The average Bonchev–Trinajstić information content (AvgIpc) is 2.78. The van der Waals surface area contributed by atoms with Crippen LogP contribution in [0.25, 0.3) is 11.1 Å². The van der Waals surface area contributed by atoms with E-state index in [4.69, 9.17) is 28.2 Å². The zero-order chi connectivity index (χ0) is 22.0. The Morgan fingerprint density at radius 3 is 1.80 bits per heavy atom. The fourth-order valence-corrected chi connectivity index (χ4v) is 2.52. The molecule has 0 aliphatic carbocycles. The summed E-state index contributed by atoms with van der Waals surface area (Å²) >= 11 is 13.5. The Morgan fingerprint density at radius 1 is 0.767 bits per heavy atom. The minimum absolute atomic E-state index is 0.562. The van der Waals surface area contributed by atoms with E-state index in [2.05, 4.69) is 46.0 Å². The van der Waals surface area contributed by atoms with Gasteiger partial charge in [-0.15, -0.1) is 0 Å². The Morgan fingerprint density at radius 2 is 1.30 bits per heavy atom. The summed E-state index contributed by atoms with van der Waals surface area (Å²) in [6, 6.07) is 24.8. The summed E-state index contributed by atoms with van der Waals surface area (Å²) in [4.78, 5) is 0. The van der Waals surface area contributed by atoms with Crippen LogP contribution in [0.2, 0.25) is 10.0 Å². The van der Waals surface area contributed by atoms with Gasteiger partial charge in [0.05, 0.1) is 0 Å². The maximum absolute atomic E-state index is 8.21. The van der Waals surface area contributed by atoms with Gasteiger partial charge in [-0.05, 0) is 51.6 Å². The highest BCUT2D eigenvalue weighted by Gasteiger charge is 1.94. The van der Waals surface area contributed by atoms with Crippen LogP contribution < -0.4 is 4.65 Å². The molecule has 3 aromatic carbocycles. The molecule has 0 aliphatic heterocycles. The predicted molar refractivity (Wildman–Crippen MR) is 139 cm³/mol. The zero-order valence-corrected chi connectivity index (χ0v) is 19.8. The molecule has 3 aromatic rings. The first kappa shape index (κ1) is 26.1. The van der Waals surface area contributed by atoms with Crippen molar-refractivity contribution in [2.24, 2.45) is 0 Å². The van der Waals surface area contributed by atoms with Gasteiger partial charge in [-0.3, -0.25) is 0 Å². The van der Waals surface area contributed by atoms with Crippen LogP contribution in [0.3, 0.4) is 0 Å². The molecule has 0 fully saturated rings. The standard InChI is InChI=1S/C12H9Cl.C6H5BClO2.C6H7I/c13-12-8-6-11(7-9-12)10-4-2-1-3-5-10;8-5-1-3-6(4-2-5)10-7-9;1-2-3-4-5-6-7/h1-9H;1-4,9H;2-6H,1H2/b;;4-3-,6-5+. The van der Waals surface area contributed by atoms with Crippen molar-refractivity contribution in [3.8, 4) is 16.9 Å². The summed E-state index contributed by atoms with van der Waals surface area (Å²) in [6.07, 6.45) is 7.51. The Hall–Kier alpha value is -1.99. The van der Waals surface area contributed by atoms with Gasteiger partial charge in [0.1, 0.15) is 5.75 Å². The summed E-state index contributed by atoms with van der Waals surface area (Å²) < 4.78 is 6.57. The van der Waals surface area contributed by atoms with Crippen molar-refractivity contribution < 1.29 is 9.68 Å². The second kappa shape index (κ2) is 16.8. The van der Waals surface area contributed by atoms with E-state index >= 15 is 0 Å². The third kappa shape index (κ3) is 11.9. The van der Waals surface area contributed by atoms with Crippen molar-refractivity contribution in [3.05, 3.63) is 124 Å². The quantitative estimate of drug-likeness (QED) is 0.199. The van der Waals surface area contributed by atoms with Crippen LogP contribution in [-0.2, 0) is 0 Å². The fourth-order valence-electron chi connectivity index (χ4n) is 2.03. The smallest absolute Gasteiger partial charge is 0.537 e. The maximum Gasteiger partial charge on any atom is 0.569 e. The van der Waals surface area contributed by atoms with Crippen molar-refractivity contribution >= 4 is 53.5 Å². The molecular formula is C24H21BCl2IO2. The Bertz CT molecular complexity index is 897. The third-order valence-electron chi connectivity index (χ3n) is 3.38. The first-order valence-corrected chi connectivity index (χ1v) is 10.8. The molecule has 0 spiro atoms. The molecular weight excluding hydrogens is 529 g/mol. The number of hydrogen-bond acceptors (Lipinski definition) is 2. The van der Waals surface area contributed by atoms with Gasteiger partial charge in [0, 0.05) is 10.0 Å². The number of benzene rings is 3. The summed E-state index contributed by atoms with van der Waals surface area (Å²) in [7, 11) is 0.628. The molecule has 0 saturated carbocycles. The number of rotatable bonds is 5. The molecule has 153 valence electrons. The highest BCUT2D eigenvalue weighted by Crippen LogP contribution is 2.20. The van der Waals surface area contributed by atoms with Gasteiger partial charge in [-0.2, -0.15) is 0 Å². The lowest BCUT2D eigenvalue weighted by Crippen LogP contribution is -1.98. The van der Waals surface area contributed by atoms with Crippen molar-refractivity contribution in [1.82, 2.24) is 0 Å². The fraction of sp³-hybridized carbons (Fsp3) is 0. The van der Waals surface area contributed by atoms with Gasteiger partial charge in [0.15, 0.2) is 0 Å². The van der Waals surface area contributed by atoms with Crippen LogP contribution in [-0.4, -0.2) is 12.7 Å². The highest BCUT2D eigenvalue weighted by molar-refractivity contribution is 14.1. The first-order valence-electron chi connectivity index (χ1n) is 8.84. The van der Waals surface area contributed by atoms with E-state index in [1.165, 1.54) is 11.1 Å². The molecule has 0 unspecified atom stereocenters. The second-order valence-corrected chi connectivity index (χ2v) is 7.08. The first-order chi connectivity index (χ1) is 14.6. The van der Waals surface area contributed by atoms with Crippen molar-refractivity contribution in [1.29, 1.82) is 0 Å². The normalized spacial score (nSPS) is 9.87. The van der Waals surface area contributed by atoms with E-state index in [1.807, 2.05) is 64.8 Å². The van der Waals surface area contributed by atoms with Gasteiger partial charge in [-0.1, -0.05) is 119 Å². The van der Waals surface area contributed by atoms with Crippen LogP contribution in [0.4, 0.5) is 0 Å². The molecule has 0 heterocycles. The average molecular weight is 550 g/mol. The van der Waals surface area contributed by atoms with Gasteiger partial charge < -0.3 is 9.68 Å². The van der Waals surface area contributed by atoms with Crippen LogP contribution in [0.15, 0.2) is 114 Å². The van der Waals surface area contributed by atoms with Crippen LogP contribution >= 0.6 is 45.8 Å². The van der Waals surface area contributed by atoms with Gasteiger partial charge in [-0.25, -0.2) is 0 Å². The molecule has 3 rings (SSSR count). The summed E-state index contributed by atoms with van der Waals surface area (Å²) in [5, 5.41) is 9.63. The van der Waals surface area contributed by atoms with E-state index in [0.717, 1.165) is 5.02 Å². The SMILES string of the molecule is C=C/C=C\C=C\I.Clc1ccc(-c2ccccc2)cc1.O[B]Oc1ccc(Cl)cc1. The predicted octanol–water partition coefficient (Wildman–Crippen LogP) is 7.93. The molecule has 0 bridgehead atoms. The molecule has 30 heavy (non-hydrogen) atoms. The molecule has 0 atom stereocenters. The summed E-state index contributed by atoms with van der Waals surface area (Å²) in [5.41, 5.74) is 2.42. The Kier molecular flexibility index (Phi) is 14.6. The number of allylic oxidation sites excluding steroid dienone is 4. The van der Waals surface area contributed by atoms with Crippen molar-refractivity contribution in [2.45, 2.75) is 0 Å². The molecule has 1 radical (unpaired) electrons. The lowest BCUT2D eigenvalue weighted by Gasteiger charge is -2.00. The number of halogens is 3. The third-order valence-corrected chi connectivity index (χ3v) is 4.30. The summed E-state index contributed by atoms with van der Waals surface area (Å²) in [5.74, 6) is 0.562. The van der Waals surface area contributed by atoms with Crippen molar-refractivity contribution in [3.63, 3.8) is 0 Å². The second-order valence-electron chi connectivity index (χ2n) is 5.49. The highest BCUT2D eigenvalue weighted by atomic mass is 127. The topological polar surface area (TPSA) is 29.5 Å². The van der Waals surface area contributed by atoms with Crippen LogP contribution in [0.5, 0.6) is 5.75 Å². The van der Waals surface area contributed by atoms with E-state index < -0.39 is 0 Å². The van der Waals surface area contributed by atoms with E-state index in [1.54, 1.807) is 30.3 Å². The van der Waals surface area contributed by atoms with Gasteiger partial charge in [0.2, 0.25) is 0 Å². The molecule has 6 heteroatoms. The van der Waals surface area contributed by atoms with Gasteiger partial charge in [0.25, 0.3) is 0 Å². The molecule has 1 N–H and O–H groups in total. The molecule has 2 nitrogen and oxygen atoms in total.